The van der Waals surface area contributed by atoms with Crippen molar-refractivity contribution in [2.75, 3.05) is 32.8 Å². The smallest absolute Gasteiger partial charge is 0.323 e. The maximum absolute atomic E-state index is 12.2. The molecule has 1 saturated heterocycles. The van der Waals surface area contributed by atoms with Gasteiger partial charge in [-0.3, -0.25) is 14.5 Å². The summed E-state index contributed by atoms with van der Waals surface area (Å²) in [4.78, 5) is 25.2. The molecule has 1 amide bonds. The monoisotopic (exact) mass is 295 g/mol. The van der Waals surface area contributed by atoms with E-state index in [9.17, 15) is 9.59 Å². The summed E-state index contributed by atoms with van der Waals surface area (Å²) in [5.41, 5.74) is 0.367. The van der Waals surface area contributed by atoms with Gasteiger partial charge in [0.25, 0.3) is 5.91 Å². The number of carbonyl (C=O) groups is 2. The number of morpholine rings is 1. The highest BCUT2D eigenvalue weighted by Gasteiger charge is 2.18. The number of carboxylic acids is 1. The molecule has 1 aliphatic rings. The Labute approximate surface area is 123 Å². The van der Waals surface area contributed by atoms with Gasteiger partial charge in [0.1, 0.15) is 12.2 Å². The van der Waals surface area contributed by atoms with Crippen molar-refractivity contribution in [3.05, 3.63) is 24.0 Å². The summed E-state index contributed by atoms with van der Waals surface area (Å²) in [5.74, 6) is -1.22. The Kier molecular flexibility index (Phi) is 5.35. The van der Waals surface area contributed by atoms with Gasteiger partial charge in [-0.25, -0.2) is 0 Å². The van der Waals surface area contributed by atoms with Crippen molar-refractivity contribution in [2.45, 2.75) is 19.5 Å². The molecular formula is C14H21N3O4. The van der Waals surface area contributed by atoms with Crippen LogP contribution in [0.5, 0.6) is 0 Å². The molecular weight excluding hydrogens is 274 g/mol. The zero-order chi connectivity index (χ0) is 15.2. The van der Waals surface area contributed by atoms with Gasteiger partial charge in [0.15, 0.2) is 0 Å². The van der Waals surface area contributed by atoms with Gasteiger partial charge in [-0.2, -0.15) is 0 Å². The molecule has 0 saturated carbocycles. The summed E-state index contributed by atoms with van der Waals surface area (Å²) in [6.45, 7) is 5.68. The summed E-state index contributed by atoms with van der Waals surface area (Å²) in [6, 6.07) is 3.29. The first kappa shape index (κ1) is 15.5. The van der Waals surface area contributed by atoms with E-state index in [0.29, 0.717) is 5.69 Å². The van der Waals surface area contributed by atoms with Crippen molar-refractivity contribution in [3.63, 3.8) is 0 Å². The van der Waals surface area contributed by atoms with Gasteiger partial charge in [0, 0.05) is 31.9 Å². The summed E-state index contributed by atoms with van der Waals surface area (Å²) in [7, 11) is 0. The van der Waals surface area contributed by atoms with Crippen molar-refractivity contribution in [2.24, 2.45) is 0 Å². The number of amides is 1. The van der Waals surface area contributed by atoms with Gasteiger partial charge in [-0.1, -0.05) is 0 Å². The van der Waals surface area contributed by atoms with Crippen molar-refractivity contribution in [3.8, 4) is 0 Å². The van der Waals surface area contributed by atoms with E-state index in [1.54, 1.807) is 18.3 Å². The molecule has 1 fully saturated rings. The molecule has 0 aliphatic carbocycles. The van der Waals surface area contributed by atoms with Crippen LogP contribution in [0, 0.1) is 0 Å². The fourth-order valence-corrected chi connectivity index (χ4v) is 2.42. The quantitative estimate of drug-likeness (QED) is 0.773. The van der Waals surface area contributed by atoms with E-state index in [2.05, 4.69) is 10.2 Å². The number of carboxylic acid groups (broad SMARTS) is 1. The first-order chi connectivity index (χ1) is 10.1. The van der Waals surface area contributed by atoms with E-state index in [1.807, 2.05) is 6.92 Å². The molecule has 2 N–H and O–H groups in total. The Hall–Kier alpha value is -1.86. The van der Waals surface area contributed by atoms with Crippen LogP contribution in [0.3, 0.4) is 0 Å². The van der Waals surface area contributed by atoms with Crippen molar-refractivity contribution in [1.82, 2.24) is 14.8 Å². The number of carbonyl (C=O) groups excluding carboxylic acids is 1. The van der Waals surface area contributed by atoms with Crippen LogP contribution in [-0.2, 0) is 16.1 Å². The van der Waals surface area contributed by atoms with Crippen LogP contribution < -0.4 is 5.32 Å². The number of nitrogens with one attached hydrogen (secondary N) is 1. The van der Waals surface area contributed by atoms with E-state index in [1.165, 1.54) is 4.57 Å². The molecule has 0 radical (unpaired) electrons. The van der Waals surface area contributed by atoms with E-state index < -0.39 is 5.97 Å². The molecule has 7 heteroatoms. The van der Waals surface area contributed by atoms with Gasteiger partial charge >= 0.3 is 5.97 Å². The van der Waals surface area contributed by atoms with Gasteiger partial charge in [0.2, 0.25) is 0 Å². The Morgan fingerprint density at radius 2 is 2.14 bits per heavy atom. The predicted octanol–water partition coefficient (Wildman–Crippen LogP) is 0.0232. The lowest BCUT2D eigenvalue weighted by molar-refractivity contribution is -0.137. The first-order valence-electron chi connectivity index (χ1n) is 7.04. The van der Waals surface area contributed by atoms with E-state index in [0.717, 1.165) is 32.8 Å². The number of rotatable bonds is 6. The molecule has 7 nitrogen and oxygen atoms in total. The third kappa shape index (κ3) is 4.57. The van der Waals surface area contributed by atoms with Crippen LogP contribution in [0.25, 0.3) is 0 Å². The van der Waals surface area contributed by atoms with Crippen LogP contribution in [-0.4, -0.2) is 65.3 Å². The Morgan fingerprint density at radius 3 is 2.81 bits per heavy atom. The minimum atomic E-state index is -0.971. The topological polar surface area (TPSA) is 83.8 Å². The second kappa shape index (κ2) is 7.24. The second-order valence-electron chi connectivity index (χ2n) is 5.20. The van der Waals surface area contributed by atoms with Gasteiger partial charge in [-0.05, 0) is 19.1 Å². The molecule has 116 valence electrons. The number of hydrogen-bond acceptors (Lipinski definition) is 4. The molecule has 1 aromatic rings. The van der Waals surface area contributed by atoms with Crippen molar-refractivity contribution < 1.29 is 19.4 Å². The number of aromatic nitrogens is 1. The SMILES string of the molecule is CC(CN1CCOCC1)NC(=O)c1cccn1CC(=O)O. The van der Waals surface area contributed by atoms with Crippen LogP contribution >= 0.6 is 0 Å². The lowest BCUT2D eigenvalue weighted by atomic mass is 10.2. The standard InChI is InChI=1S/C14H21N3O4/c1-11(9-16-5-7-21-8-6-16)15-14(20)12-3-2-4-17(12)10-13(18)19/h2-4,11H,5-10H2,1H3,(H,15,20)(H,18,19). The minimum absolute atomic E-state index is 0.0104. The molecule has 21 heavy (non-hydrogen) atoms. The van der Waals surface area contributed by atoms with Gasteiger partial charge < -0.3 is 19.7 Å². The lowest BCUT2D eigenvalue weighted by Crippen LogP contribution is -2.46. The van der Waals surface area contributed by atoms with Gasteiger partial charge in [-0.15, -0.1) is 0 Å². The third-order valence-electron chi connectivity index (χ3n) is 3.38. The van der Waals surface area contributed by atoms with Crippen LogP contribution in [0.4, 0.5) is 0 Å². The van der Waals surface area contributed by atoms with Crippen LogP contribution in [0.2, 0.25) is 0 Å². The number of hydrogen-bond donors (Lipinski definition) is 2. The highest BCUT2D eigenvalue weighted by molar-refractivity contribution is 5.93. The van der Waals surface area contributed by atoms with E-state index in [4.69, 9.17) is 9.84 Å². The summed E-state index contributed by atoms with van der Waals surface area (Å²) < 4.78 is 6.72. The number of nitrogens with zero attached hydrogens (tertiary/aromatic N) is 2. The Bertz CT molecular complexity index is 494. The average molecular weight is 295 g/mol. The molecule has 0 spiro atoms. The maximum Gasteiger partial charge on any atom is 0.323 e. The summed E-state index contributed by atoms with van der Waals surface area (Å²) in [6.07, 6.45) is 1.59. The number of ether oxygens (including phenoxy) is 1. The highest BCUT2D eigenvalue weighted by atomic mass is 16.5. The first-order valence-corrected chi connectivity index (χ1v) is 7.04. The lowest BCUT2D eigenvalue weighted by Gasteiger charge is -2.29. The minimum Gasteiger partial charge on any atom is -0.480 e. The molecule has 1 atom stereocenters. The average Bonchev–Trinajstić information content (AvgIpc) is 2.87. The van der Waals surface area contributed by atoms with Crippen molar-refractivity contribution in [1.29, 1.82) is 0 Å². The zero-order valence-electron chi connectivity index (χ0n) is 12.1. The highest BCUT2D eigenvalue weighted by Crippen LogP contribution is 2.04. The van der Waals surface area contributed by atoms with Crippen LogP contribution in [0.1, 0.15) is 17.4 Å². The maximum atomic E-state index is 12.2. The molecule has 1 aromatic heterocycles. The van der Waals surface area contributed by atoms with E-state index >= 15 is 0 Å². The van der Waals surface area contributed by atoms with Gasteiger partial charge in [0.05, 0.1) is 13.2 Å². The Balaban J connectivity index is 1.88. The molecule has 0 bridgehead atoms. The largest absolute Gasteiger partial charge is 0.480 e. The Morgan fingerprint density at radius 1 is 1.43 bits per heavy atom. The normalized spacial score (nSPS) is 17.4. The number of aliphatic carboxylic acids is 1. The van der Waals surface area contributed by atoms with Crippen LogP contribution in [0.15, 0.2) is 18.3 Å². The molecule has 1 aliphatic heterocycles. The van der Waals surface area contributed by atoms with Crippen molar-refractivity contribution >= 4 is 11.9 Å². The molecule has 1 unspecified atom stereocenters. The predicted molar refractivity (Wildman–Crippen MR) is 76.3 cm³/mol. The third-order valence-corrected chi connectivity index (χ3v) is 3.38. The molecule has 2 rings (SSSR count). The van der Waals surface area contributed by atoms with E-state index in [-0.39, 0.29) is 18.5 Å². The fraction of sp³-hybridized carbons (Fsp3) is 0.571. The summed E-state index contributed by atoms with van der Waals surface area (Å²) in [5, 5.41) is 11.7. The molecule has 0 aromatic carbocycles. The molecule has 2 heterocycles. The zero-order valence-corrected chi connectivity index (χ0v) is 12.1. The summed E-state index contributed by atoms with van der Waals surface area (Å²) >= 11 is 0. The second-order valence-corrected chi connectivity index (χ2v) is 5.20. The fourth-order valence-electron chi connectivity index (χ4n) is 2.42.